The van der Waals surface area contributed by atoms with Crippen molar-refractivity contribution in [2.24, 2.45) is 11.8 Å². The Bertz CT molecular complexity index is 627. The highest BCUT2D eigenvalue weighted by molar-refractivity contribution is 5.96. The van der Waals surface area contributed by atoms with Gasteiger partial charge in [0.05, 0.1) is 0 Å². The summed E-state index contributed by atoms with van der Waals surface area (Å²) in [5, 5.41) is 1.01. The van der Waals surface area contributed by atoms with Gasteiger partial charge < -0.3 is 9.32 Å². The van der Waals surface area contributed by atoms with E-state index in [4.69, 9.17) is 4.42 Å². The van der Waals surface area contributed by atoms with Crippen molar-refractivity contribution in [1.82, 2.24) is 4.90 Å². The number of likely N-dealkylation sites (tertiary alicyclic amines) is 1. The molecule has 2 aliphatic rings. The molecule has 1 aliphatic carbocycles. The van der Waals surface area contributed by atoms with Crippen molar-refractivity contribution < 1.29 is 9.21 Å². The number of carbonyl (C=O) groups excluding carboxylic acids is 1. The molecule has 4 rings (SSSR count). The summed E-state index contributed by atoms with van der Waals surface area (Å²) < 4.78 is 5.73. The van der Waals surface area contributed by atoms with Gasteiger partial charge in [0, 0.05) is 18.5 Å². The number of fused-ring (bicyclic) bond motifs is 2. The van der Waals surface area contributed by atoms with E-state index in [1.807, 2.05) is 35.2 Å². The highest BCUT2D eigenvalue weighted by Crippen LogP contribution is 2.36. The van der Waals surface area contributed by atoms with Crippen LogP contribution in [0.15, 0.2) is 34.7 Å². The number of benzene rings is 1. The zero-order chi connectivity index (χ0) is 14.2. The number of hydrogen-bond acceptors (Lipinski definition) is 2. The van der Waals surface area contributed by atoms with Crippen LogP contribution in [0.25, 0.3) is 11.0 Å². The second kappa shape index (κ2) is 5.21. The molecule has 2 unspecified atom stereocenters. The third-order valence-electron chi connectivity index (χ3n) is 5.21. The standard InChI is InChI=1S/C18H21NO2/c20-18(17-11-14-6-3-4-8-16(14)21-17)19-10-9-13-5-1-2-7-15(13)12-19/h3-4,6,8,11,13,15H,1-2,5,7,9-10,12H2. The highest BCUT2D eigenvalue weighted by Gasteiger charge is 2.33. The summed E-state index contributed by atoms with van der Waals surface area (Å²) in [5.41, 5.74) is 0.799. The molecule has 3 heteroatoms. The van der Waals surface area contributed by atoms with Gasteiger partial charge in [-0.1, -0.05) is 37.5 Å². The van der Waals surface area contributed by atoms with Crippen LogP contribution in [0.3, 0.4) is 0 Å². The van der Waals surface area contributed by atoms with Crippen LogP contribution in [0.1, 0.15) is 42.7 Å². The molecule has 2 fully saturated rings. The molecule has 0 spiro atoms. The minimum Gasteiger partial charge on any atom is -0.451 e. The highest BCUT2D eigenvalue weighted by atomic mass is 16.3. The lowest BCUT2D eigenvalue weighted by atomic mass is 9.75. The first-order chi connectivity index (χ1) is 10.3. The van der Waals surface area contributed by atoms with E-state index in [1.54, 1.807) is 0 Å². The fourth-order valence-electron chi connectivity index (χ4n) is 4.03. The van der Waals surface area contributed by atoms with Gasteiger partial charge in [0.25, 0.3) is 5.91 Å². The average molecular weight is 283 g/mol. The number of rotatable bonds is 1. The van der Waals surface area contributed by atoms with E-state index >= 15 is 0 Å². The van der Waals surface area contributed by atoms with Crippen molar-refractivity contribution >= 4 is 16.9 Å². The van der Waals surface area contributed by atoms with Gasteiger partial charge in [0.2, 0.25) is 0 Å². The largest absolute Gasteiger partial charge is 0.451 e. The molecule has 21 heavy (non-hydrogen) atoms. The van der Waals surface area contributed by atoms with Gasteiger partial charge in [-0.2, -0.15) is 0 Å². The van der Waals surface area contributed by atoms with Crippen molar-refractivity contribution in [3.63, 3.8) is 0 Å². The molecule has 2 aromatic rings. The molecule has 1 saturated heterocycles. The maximum atomic E-state index is 12.7. The quantitative estimate of drug-likeness (QED) is 0.790. The Hall–Kier alpha value is -1.77. The third-order valence-corrected chi connectivity index (χ3v) is 5.21. The summed E-state index contributed by atoms with van der Waals surface area (Å²) in [4.78, 5) is 14.7. The summed E-state index contributed by atoms with van der Waals surface area (Å²) in [5.74, 6) is 2.11. The van der Waals surface area contributed by atoms with Crippen LogP contribution < -0.4 is 0 Å². The molecule has 3 nitrogen and oxygen atoms in total. The number of nitrogens with zero attached hydrogens (tertiary/aromatic N) is 1. The van der Waals surface area contributed by atoms with Crippen LogP contribution in [0.2, 0.25) is 0 Å². The third kappa shape index (κ3) is 2.35. The Morgan fingerprint density at radius 1 is 1.10 bits per heavy atom. The second-order valence-corrected chi connectivity index (χ2v) is 6.49. The predicted molar refractivity (Wildman–Crippen MR) is 82.2 cm³/mol. The number of piperidine rings is 1. The van der Waals surface area contributed by atoms with Crippen LogP contribution in [-0.4, -0.2) is 23.9 Å². The Kier molecular flexibility index (Phi) is 3.21. The topological polar surface area (TPSA) is 33.5 Å². The Morgan fingerprint density at radius 3 is 2.76 bits per heavy atom. The Labute approximate surface area is 124 Å². The van der Waals surface area contributed by atoms with Gasteiger partial charge >= 0.3 is 0 Å². The maximum absolute atomic E-state index is 12.7. The van der Waals surface area contributed by atoms with E-state index in [1.165, 1.54) is 25.7 Å². The molecule has 0 radical (unpaired) electrons. The van der Waals surface area contributed by atoms with Crippen molar-refractivity contribution in [3.05, 3.63) is 36.1 Å². The first-order valence-electron chi connectivity index (χ1n) is 8.09. The molecule has 2 heterocycles. The molecule has 1 aliphatic heterocycles. The SMILES string of the molecule is O=C(c1cc2ccccc2o1)N1CCC2CCCCC2C1. The van der Waals surface area contributed by atoms with Gasteiger partial charge in [0.15, 0.2) is 5.76 Å². The molecule has 1 aromatic carbocycles. The Morgan fingerprint density at radius 2 is 1.90 bits per heavy atom. The fraction of sp³-hybridized carbons (Fsp3) is 0.500. The molecule has 110 valence electrons. The van der Waals surface area contributed by atoms with Gasteiger partial charge in [-0.15, -0.1) is 0 Å². The predicted octanol–water partition coefficient (Wildman–Crippen LogP) is 4.09. The van der Waals surface area contributed by atoms with Crippen molar-refractivity contribution in [3.8, 4) is 0 Å². The minimum absolute atomic E-state index is 0.0650. The lowest BCUT2D eigenvalue weighted by Gasteiger charge is -2.41. The number of amides is 1. The van der Waals surface area contributed by atoms with Crippen LogP contribution >= 0.6 is 0 Å². The van der Waals surface area contributed by atoms with E-state index in [2.05, 4.69) is 0 Å². The first kappa shape index (κ1) is 12.9. The molecule has 0 N–H and O–H groups in total. The smallest absolute Gasteiger partial charge is 0.289 e. The van der Waals surface area contributed by atoms with Crippen molar-refractivity contribution in [1.29, 1.82) is 0 Å². The first-order valence-corrected chi connectivity index (χ1v) is 8.09. The van der Waals surface area contributed by atoms with E-state index < -0.39 is 0 Å². The zero-order valence-electron chi connectivity index (χ0n) is 12.3. The lowest BCUT2D eigenvalue weighted by molar-refractivity contribution is 0.0494. The normalized spacial score (nSPS) is 25.8. The lowest BCUT2D eigenvalue weighted by Crippen LogP contribution is -2.44. The summed E-state index contributed by atoms with van der Waals surface area (Å²) in [6.07, 6.45) is 6.51. The van der Waals surface area contributed by atoms with Crippen molar-refractivity contribution in [2.45, 2.75) is 32.1 Å². The van der Waals surface area contributed by atoms with E-state index in [0.29, 0.717) is 11.7 Å². The van der Waals surface area contributed by atoms with Gasteiger partial charge in [0.1, 0.15) is 5.58 Å². The van der Waals surface area contributed by atoms with Crippen LogP contribution in [0, 0.1) is 11.8 Å². The summed E-state index contributed by atoms with van der Waals surface area (Å²) in [6, 6.07) is 9.69. The zero-order valence-corrected chi connectivity index (χ0v) is 12.3. The number of furan rings is 1. The van der Waals surface area contributed by atoms with Gasteiger partial charge in [-0.05, 0) is 36.8 Å². The molecule has 1 amide bonds. The molecule has 1 aromatic heterocycles. The molecule has 0 bridgehead atoms. The van der Waals surface area contributed by atoms with Gasteiger partial charge in [-0.25, -0.2) is 0 Å². The number of hydrogen-bond donors (Lipinski definition) is 0. The number of carbonyl (C=O) groups is 1. The molecular formula is C18H21NO2. The Balaban J connectivity index is 1.54. The fourth-order valence-corrected chi connectivity index (χ4v) is 4.03. The van der Waals surface area contributed by atoms with Crippen LogP contribution in [0.4, 0.5) is 0 Å². The van der Waals surface area contributed by atoms with Crippen molar-refractivity contribution in [2.75, 3.05) is 13.1 Å². The van der Waals surface area contributed by atoms with E-state index in [9.17, 15) is 4.79 Å². The summed E-state index contributed by atoms with van der Waals surface area (Å²) in [7, 11) is 0. The minimum atomic E-state index is 0.0650. The maximum Gasteiger partial charge on any atom is 0.289 e. The molecule has 1 saturated carbocycles. The second-order valence-electron chi connectivity index (χ2n) is 6.49. The van der Waals surface area contributed by atoms with E-state index in [-0.39, 0.29) is 5.91 Å². The summed E-state index contributed by atoms with van der Waals surface area (Å²) in [6.45, 7) is 1.80. The van der Waals surface area contributed by atoms with Gasteiger partial charge in [-0.3, -0.25) is 4.79 Å². The van der Waals surface area contributed by atoms with Crippen LogP contribution in [0.5, 0.6) is 0 Å². The van der Waals surface area contributed by atoms with Crippen LogP contribution in [-0.2, 0) is 0 Å². The monoisotopic (exact) mass is 283 g/mol. The van der Waals surface area contributed by atoms with E-state index in [0.717, 1.165) is 36.4 Å². The number of para-hydroxylation sites is 1. The summed E-state index contributed by atoms with van der Waals surface area (Å²) >= 11 is 0. The molecular weight excluding hydrogens is 262 g/mol. The average Bonchev–Trinajstić information content (AvgIpc) is 2.97. The molecule has 2 atom stereocenters.